The van der Waals surface area contributed by atoms with Crippen LogP contribution in [0, 0.1) is 6.92 Å². The molecule has 1 fully saturated rings. The van der Waals surface area contributed by atoms with E-state index in [9.17, 15) is 28.2 Å². The maximum Gasteiger partial charge on any atom is 0.490 e. The molecule has 5 N–H and O–H groups in total. The fourth-order valence-corrected chi connectivity index (χ4v) is 5.99. The van der Waals surface area contributed by atoms with Gasteiger partial charge in [0.25, 0.3) is 5.56 Å². The molecule has 1 aliphatic rings. The van der Waals surface area contributed by atoms with Crippen molar-refractivity contribution in [3.63, 3.8) is 0 Å². The molecule has 0 aromatic carbocycles. The first-order chi connectivity index (χ1) is 13.4. The number of phosphoric acid groups is 3. The zero-order valence-corrected chi connectivity index (χ0v) is 18.7. The van der Waals surface area contributed by atoms with Crippen LogP contribution in [-0.4, -0.2) is 46.7 Å². The third-order valence-corrected chi connectivity index (χ3v) is 7.84. The van der Waals surface area contributed by atoms with Crippen molar-refractivity contribution in [2.75, 3.05) is 6.61 Å². The third-order valence-electron chi connectivity index (χ3n) is 3.70. The summed E-state index contributed by atoms with van der Waals surface area (Å²) in [6, 6.07) is 0. The number of alkyl halides is 1. The predicted molar refractivity (Wildman–Crippen MR) is 98.7 cm³/mol. The average molecular weight is 515 g/mol. The van der Waals surface area contributed by atoms with E-state index in [1.165, 1.54) is 20.0 Å². The van der Waals surface area contributed by atoms with Gasteiger partial charge in [0.2, 0.25) is 0 Å². The number of hydrogen-bond donors (Lipinski definition) is 5. The number of aryl methyl sites for hydroxylation is 1. The van der Waals surface area contributed by atoms with Gasteiger partial charge >= 0.3 is 29.2 Å². The van der Waals surface area contributed by atoms with Crippen molar-refractivity contribution in [3.05, 3.63) is 32.6 Å². The van der Waals surface area contributed by atoms with Crippen LogP contribution in [0.4, 0.5) is 0 Å². The topological polar surface area (TPSA) is 224 Å². The lowest BCUT2D eigenvalue weighted by molar-refractivity contribution is -0.0302. The van der Waals surface area contributed by atoms with E-state index < -0.39 is 58.5 Å². The third kappa shape index (κ3) is 6.92. The van der Waals surface area contributed by atoms with Gasteiger partial charge in [0.1, 0.15) is 0 Å². The van der Waals surface area contributed by atoms with Gasteiger partial charge < -0.3 is 24.3 Å². The van der Waals surface area contributed by atoms with Crippen molar-refractivity contribution < 1.29 is 51.2 Å². The first-order valence-corrected chi connectivity index (χ1v) is 12.8. The quantitative estimate of drug-likeness (QED) is 0.235. The van der Waals surface area contributed by atoms with Gasteiger partial charge in [-0.25, -0.2) is 18.5 Å². The second-order valence-corrected chi connectivity index (χ2v) is 11.7. The Balaban J connectivity index is 2.09. The van der Waals surface area contributed by atoms with E-state index in [4.69, 9.17) is 31.0 Å². The first-order valence-electron chi connectivity index (χ1n) is 7.86. The van der Waals surface area contributed by atoms with E-state index in [2.05, 4.69) is 18.1 Å². The standard InChI is InChI=1S/C11H18ClN2O13P3/c1-6-4-14(10(16)13-8(6)15)9-11(2,12)3-7(25-9)5-24-29(20,21)27-30(22,23)26-28(17,18)19/h4,7,9H,3,5H2,1-2H3,(H,20,21)(H,22,23)(H,13,15,16)(H2,17,18,19)/t7-,9+,11+/m0/s1. The fraction of sp³-hybridized carbons (Fsp3) is 0.636. The fourth-order valence-electron chi connectivity index (χ4n) is 2.61. The molecule has 0 saturated carbocycles. The number of ether oxygens (including phenoxy) is 1. The van der Waals surface area contributed by atoms with Crippen molar-refractivity contribution >= 4 is 35.1 Å². The number of rotatable bonds is 8. The Morgan fingerprint density at radius 1 is 1.23 bits per heavy atom. The monoisotopic (exact) mass is 514 g/mol. The number of H-pyrrole nitrogens is 1. The summed E-state index contributed by atoms with van der Waals surface area (Å²) < 4.78 is 52.0. The van der Waals surface area contributed by atoms with E-state index in [1.807, 2.05) is 0 Å². The van der Waals surface area contributed by atoms with E-state index >= 15 is 0 Å². The Hall–Kier alpha value is -0.660. The molecule has 0 aliphatic carbocycles. The molecule has 0 spiro atoms. The average Bonchev–Trinajstić information content (AvgIpc) is 2.80. The molecule has 172 valence electrons. The van der Waals surface area contributed by atoms with Crippen LogP contribution < -0.4 is 11.2 Å². The van der Waals surface area contributed by atoms with E-state index in [0.29, 0.717) is 0 Å². The molecule has 1 aromatic heterocycles. The predicted octanol–water partition coefficient (Wildman–Crippen LogP) is 0.473. The lowest BCUT2D eigenvalue weighted by Gasteiger charge is -2.24. The van der Waals surface area contributed by atoms with Crippen molar-refractivity contribution in [2.45, 2.75) is 37.5 Å². The van der Waals surface area contributed by atoms with E-state index in [0.717, 1.165) is 4.57 Å². The minimum Gasteiger partial charge on any atom is -0.350 e. The summed E-state index contributed by atoms with van der Waals surface area (Å²) in [4.78, 5) is 60.0. The lowest BCUT2D eigenvalue weighted by Crippen LogP contribution is -2.38. The van der Waals surface area contributed by atoms with Crippen molar-refractivity contribution in [2.24, 2.45) is 0 Å². The van der Waals surface area contributed by atoms with Crippen molar-refractivity contribution in [1.82, 2.24) is 9.55 Å². The maximum absolute atomic E-state index is 12.1. The lowest BCUT2D eigenvalue weighted by atomic mass is 10.0. The van der Waals surface area contributed by atoms with Crippen molar-refractivity contribution in [1.29, 1.82) is 0 Å². The van der Waals surface area contributed by atoms with Crippen molar-refractivity contribution in [3.8, 4) is 0 Å². The Morgan fingerprint density at radius 3 is 2.40 bits per heavy atom. The van der Waals surface area contributed by atoms with Gasteiger partial charge in [-0.1, -0.05) is 0 Å². The molecule has 30 heavy (non-hydrogen) atoms. The largest absolute Gasteiger partial charge is 0.490 e. The highest BCUT2D eigenvalue weighted by Crippen LogP contribution is 2.66. The van der Waals surface area contributed by atoms with Gasteiger partial charge in [-0.15, -0.1) is 11.6 Å². The van der Waals surface area contributed by atoms with Crippen LogP contribution in [0.15, 0.2) is 15.8 Å². The Kier molecular flexibility index (Phi) is 7.43. The van der Waals surface area contributed by atoms with Gasteiger partial charge in [0.05, 0.1) is 17.6 Å². The molecule has 2 unspecified atom stereocenters. The summed E-state index contributed by atoms with van der Waals surface area (Å²) in [6.45, 7) is 2.22. The number of halogens is 1. The van der Waals surface area contributed by atoms with Crippen LogP contribution >= 0.6 is 35.1 Å². The summed E-state index contributed by atoms with van der Waals surface area (Å²) in [7, 11) is -16.5. The number of aromatic amines is 1. The number of phosphoric ester groups is 1. The molecule has 19 heteroatoms. The number of nitrogens with zero attached hydrogens (tertiary/aromatic N) is 1. The maximum atomic E-state index is 12.1. The van der Waals surface area contributed by atoms with Crippen LogP contribution in [0.3, 0.4) is 0 Å². The molecule has 0 bridgehead atoms. The summed E-state index contributed by atoms with van der Waals surface area (Å²) in [5.74, 6) is 0. The molecule has 1 aromatic rings. The number of nitrogens with one attached hydrogen (secondary N) is 1. The van der Waals surface area contributed by atoms with Gasteiger partial charge in [-0.05, 0) is 20.3 Å². The number of hydrogen-bond acceptors (Lipinski definition) is 9. The van der Waals surface area contributed by atoms with E-state index in [-0.39, 0.29) is 12.0 Å². The minimum absolute atomic E-state index is 0.0282. The second kappa shape index (κ2) is 8.70. The molecular weight excluding hydrogens is 496 g/mol. The smallest absolute Gasteiger partial charge is 0.350 e. The Morgan fingerprint density at radius 2 is 1.83 bits per heavy atom. The second-order valence-electron chi connectivity index (χ2n) is 6.46. The van der Waals surface area contributed by atoms with Crippen LogP contribution in [0.25, 0.3) is 0 Å². The summed E-state index contributed by atoms with van der Waals surface area (Å²) >= 11 is 6.37. The zero-order chi connectivity index (χ0) is 23.1. The Labute approximate surface area is 173 Å². The Bertz CT molecular complexity index is 1060. The normalized spacial score (nSPS) is 28.8. The summed E-state index contributed by atoms with van der Waals surface area (Å²) in [6.07, 6.45) is -0.935. The molecule has 0 radical (unpaired) electrons. The zero-order valence-electron chi connectivity index (χ0n) is 15.3. The molecule has 1 saturated heterocycles. The van der Waals surface area contributed by atoms with Crippen LogP contribution in [0.5, 0.6) is 0 Å². The van der Waals surface area contributed by atoms with Gasteiger partial charge in [0.15, 0.2) is 6.23 Å². The molecule has 2 heterocycles. The van der Waals surface area contributed by atoms with Gasteiger partial charge in [-0.2, -0.15) is 8.62 Å². The molecular formula is C11H18ClN2O13P3. The van der Waals surface area contributed by atoms with Gasteiger partial charge in [-0.3, -0.25) is 18.9 Å². The van der Waals surface area contributed by atoms with Gasteiger partial charge in [0, 0.05) is 11.8 Å². The summed E-state index contributed by atoms with van der Waals surface area (Å²) in [5, 5.41) is 0. The van der Waals surface area contributed by atoms with Crippen LogP contribution in [0.1, 0.15) is 25.1 Å². The number of aromatic nitrogens is 2. The summed E-state index contributed by atoms with van der Waals surface area (Å²) in [5.41, 5.74) is -1.21. The highest BCUT2D eigenvalue weighted by molar-refractivity contribution is 7.66. The van der Waals surface area contributed by atoms with E-state index in [1.54, 1.807) is 0 Å². The molecule has 2 rings (SSSR count). The minimum atomic E-state index is -5.65. The molecule has 5 atom stereocenters. The van der Waals surface area contributed by atoms with Crippen LogP contribution in [-0.2, 0) is 31.6 Å². The first kappa shape index (κ1) is 25.6. The molecule has 15 nitrogen and oxygen atoms in total. The SMILES string of the molecule is Cc1cn([C@@H]2O[C@H](COP(=O)(O)OP(=O)(O)OP(=O)(O)O)C[C@@]2(C)Cl)c(=O)[nH]c1=O. The molecule has 1 aliphatic heterocycles. The highest BCUT2D eigenvalue weighted by Gasteiger charge is 2.47. The highest BCUT2D eigenvalue weighted by atomic mass is 35.5. The molecule has 0 amide bonds. The van der Waals surface area contributed by atoms with Crippen LogP contribution in [0.2, 0.25) is 0 Å².